The maximum absolute atomic E-state index is 11.4. The van der Waals surface area contributed by atoms with Crippen molar-refractivity contribution in [2.24, 2.45) is 0 Å². The number of likely N-dealkylation sites (N-methyl/N-ethyl adjacent to an activating group) is 1. The molecule has 0 saturated carbocycles. The molecule has 0 amide bonds. The number of esters is 1. The van der Waals surface area contributed by atoms with E-state index < -0.39 is 11.7 Å². The van der Waals surface area contributed by atoms with Gasteiger partial charge in [0.2, 0.25) is 0 Å². The summed E-state index contributed by atoms with van der Waals surface area (Å²) in [4.78, 5) is 13.2. The summed E-state index contributed by atoms with van der Waals surface area (Å²) < 4.78 is 5.22. The Morgan fingerprint density at radius 3 is 2.40 bits per heavy atom. The fourth-order valence-electron chi connectivity index (χ4n) is 1.10. The molecule has 0 aliphatic rings. The van der Waals surface area contributed by atoms with Crippen molar-refractivity contribution < 1.29 is 14.6 Å². The van der Waals surface area contributed by atoms with E-state index in [0.29, 0.717) is 6.54 Å². The summed E-state index contributed by atoms with van der Waals surface area (Å²) in [6, 6.07) is 0. The van der Waals surface area contributed by atoms with Crippen molar-refractivity contribution in [2.75, 3.05) is 20.6 Å². The Balaban J connectivity index is 3.93. The van der Waals surface area contributed by atoms with Gasteiger partial charge in [0.15, 0.2) is 0 Å². The first-order chi connectivity index (χ1) is 6.76. The van der Waals surface area contributed by atoms with Gasteiger partial charge in [0.1, 0.15) is 5.60 Å². The number of carbonyl (C=O) groups excluding carboxylic acids is 1. The van der Waals surface area contributed by atoms with E-state index in [0.717, 1.165) is 6.42 Å². The van der Waals surface area contributed by atoms with Gasteiger partial charge < -0.3 is 14.7 Å². The third-order valence-corrected chi connectivity index (χ3v) is 2.22. The molecule has 1 unspecified atom stereocenters. The third kappa shape index (κ3) is 7.33. The second-order valence-electron chi connectivity index (χ2n) is 4.71. The van der Waals surface area contributed by atoms with Crippen LogP contribution in [0.4, 0.5) is 0 Å². The molecule has 4 heteroatoms. The summed E-state index contributed by atoms with van der Waals surface area (Å²) in [7, 11) is 3.70. The van der Waals surface area contributed by atoms with Crippen molar-refractivity contribution in [1.29, 1.82) is 0 Å². The number of nitrogens with zero attached hydrogens (tertiary/aromatic N) is 1. The number of ether oxygens (including phenoxy) is 1. The molecule has 4 nitrogen and oxygen atoms in total. The van der Waals surface area contributed by atoms with Gasteiger partial charge in [-0.05, 0) is 34.4 Å². The minimum Gasteiger partial charge on any atom is -0.460 e. The first kappa shape index (κ1) is 14.4. The molecule has 90 valence electrons. The third-order valence-electron chi connectivity index (χ3n) is 2.22. The Morgan fingerprint density at radius 2 is 2.00 bits per heavy atom. The smallest absolute Gasteiger partial charge is 0.308 e. The van der Waals surface area contributed by atoms with Crippen LogP contribution >= 0.6 is 0 Å². The highest BCUT2D eigenvalue weighted by molar-refractivity contribution is 5.70. The Kier molecular flexibility index (Phi) is 5.83. The van der Waals surface area contributed by atoms with Crippen LogP contribution in [0.2, 0.25) is 0 Å². The first-order valence-corrected chi connectivity index (χ1v) is 5.31. The van der Waals surface area contributed by atoms with Gasteiger partial charge in [0, 0.05) is 6.54 Å². The van der Waals surface area contributed by atoms with Crippen molar-refractivity contribution in [3.63, 3.8) is 0 Å². The van der Waals surface area contributed by atoms with Gasteiger partial charge in [-0.15, -0.1) is 0 Å². The van der Waals surface area contributed by atoms with Crippen molar-refractivity contribution in [3.05, 3.63) is 0 Å². The predicted octanol–water partition coefficient (Wildman–Crippen LogP) is 1.03. The van der Waals surface area contributed by atoms with Crippen LogP contribution in [0.5, 0.6) is 0 Å². The van der Waals surface area contributed by atoms with Gasteiger partial charge in [0.25, 0.3) is 0 Å². The Hall–Kier alpha value is -0.610. The average Bonchev–Trinajstić information content (AvgIpc) is 2.00. The zero-order valence-corrected chi connectivity index (χ0v) is 10.4. The standard InChI is InChI=1S/C11H23NO3/c1-6-11(2,3)15-10(14)7-9(13)8-12(4)5/h9,13H,6-8H2,1-5H3. The van der Waals surface area contributed by atoms with E-state index in [1.165, 1.54) is 0 Å². The lowest BCUT2D eigenvalue weighted by Crippen LogP contribution is -2.32. The molecule has 0 heterocycles. The van der Waals surface area contributed by atoms with Crippen molar-refractivity contribution >= 4 is 5.97 Å². The predicted molar refractivity (Wildman–Crippen MR) is 59.6 cm³/mol. The molecule has 0 saturated heterocycles. The van der Waals surface area contributed by atoms with Crippen LogP contribution in [-0.4, -0.2) is 48.3 Å². The SMILES string of the molecule is CCC(C)(C)OC(=O)CC(O)CN(C)C. The molecular weight excluding hydrogens is 194 g/mol. The fraction of sp³-hybridized carbons (Fsp3) is 0.909. The molecule has 0 aromatic heterocycles. The molecule has 0 bridgehead atoms. The molecule has 0 radical (unpaired) electrons. The Morgan fingerprint density at radius 1 is 1.47 bits per heavy atom. The van der Waals surface area contributed by atoms with Crippen LogP contribution in [-0.2, 0) is 9.53 Å². The minimum absolute atomic E-state index is 0.0572. The van der Waals surface area contributed by atoms with Gasteiger partial charge in [-0.2, -0.15) is 0 Å². The molecular formula is C11H23NO3. The van der Waals surface area contributed by atoms with Crippen LogP contribution in [0.3, 0.4) is 0 Å². The zero-order valence-electron chi connectivity index (χ0n) is 10.4. The molecule has 0 fully saturated rings. The summed E-state index contributed by atoms with van der Waals surface area (Å²) in [5.74, 6) is -0.337. The quantitative estimate of drug-likeness (QED) is 0.675. The van der Waals surface area contributed by atoms with Gasteiger partial charge in [0.05, 0.1) is 12.5 Å². The first-order valence-electron chi connectivity index (χ1n) is 5.31. The topological polar surface area (TPSA) is 49.8 Å². The van der Waals surface area contributed by atoms with Crippen molar-refractivity contribution in [3.8, 4) is 0 Å². The van der Waals surface area contributed by atoms with Crippen LogP contribution in [0, 0.1) is 0 Å². The lowest BCUT2D eigenvalue weighted by atomic mass is 10.1. The lowest BCUT2D eigenvalue weighted by molar-refractivity contribution is -0.159. The lowest BCUT2D eigenvalue weighted by Gasteiger charge is -2.24. The molecule has 0 aromatic rings. The van der Waals surface area contributed by atoms with E-state index in [2.05, 4.69) is 0 Å². The minimum atomic E-state index is -0.653. The highest BCUT2D eigenvalue weighted by Gasteiger charge is 2.22. The molecule has 0 aliphatic carbocycles. The zero-order chi connectivity index (χ0) is 12.1. The van der Waals surface area contributed by atoms with E-state index in [9.17, 15) is 9.90 Å². The Labute approximate surface area is 92.2 Å². The van der Waals surface area contributed by atoms with Crippen LogP contribution in [0.25, 0.3) is 0 Å². The van der Waals surface area contributed by atoms with Gasteiger partial charge >= 0.3 is 5.97 Å². The highest BCUT2D eigenvalue weighted by Crippen LogP contribution is 2.14. The van der Waals surface area contributed by atoms with E-state index >= 15 is 0 Å². The van der Waals surface area contributed by atoms with Gasteiger partial charge in [-0.1, -0.05) is 6.92 Å². The summed E-state index contributed by atoms with van der Waals surface area (Å²) in [6.07, 6.45) is 0.171. The molecule has 1 atom stereocenters. The summed E-state index contributed by atoms with van der Waals surface area (Å²) in [5, 5.41) is 9.52. The van der Waals surface area contributed by atoms with Crippen LogP contribution in [0.15, 0.2) is 0 Å². The average molecular weight is 217 g/mol. The van der Waals surface area contributed by atoms with E-state index in [-0.39, 0.29) is 12.4 Å². The van der Waals surface area contributed by atoms with E-state index in [1.54, 1.807) is 0 Å². The number of aliphatic hydroxyl groups is 1. The number of hydrogen-bond acceptors (Lipinski definition) is 4. The number of aliphatic hydroxyl groups excluding tert-OH is 1. The molecule has 1 N–H and O–H groups in total. The normalized spacial score (nSPS) is 14.1. The summed E-state index contributed by atoms with van der Waals surface area (Å²) >= 11 is 0. The molecule has 0 rings (SSSR count). The van der Waals surface area contributed by atoms with E-state index in [1.807, 2.05) is 39.8 Å². The number of hydrogen-bond donors (Lipinski definition) is 1. The fourth-order valence-corrected chi connectivity index (χ4v) is 1.10. The van der Waals surface area contributed by atoms with E-state index in [4.69, 9.17) is 4.74 Å². The van der Waals surface area contributed by atoms with Crippen LogP contribution in [0.1, 0.15) is 33.6 Å². The maximum atomic E-state index is 11.4. The summed E-state index contributed by atoms with van der Waals surface area (Å²) in [6.45, 7) is 6.16. The molecule has 0 spiro atoms. The molecule has 0 aliphatic heterocycles. The molecule has 15 heavy (non-hydrogen) atoms. The van der Waals surface area contributed by atoms with Crippen molar-refractivity contribution in [1.82, 2.24) is 4.90 Å². The van der Waals surface area contributed by atoms with Crippen molar-refractivity contribution in [2.45, 2.75) is 45.3 Å². The number of rotatable bonds is 6. The van der Waals surface area contributed by atoms with Crippen LogP contribution < -0.4 is 0 Å². The molecule has 0 aromatic carbocycles. The monoisotopic (exact) mass is 217 g/mol. The number of carbonyl (C=O) groups is 1. The van der Waals surface area contributed by atoms with Gasteiger partial charge in [-0.3, -0.25) is 4.79 Å². The highest BCUT2D eigenvalue weighted by atomic mass is 16.6. The second-order valence-corrected chi connectivity index (χ2v) is 4.71. The van der Waals surface area contributed by atoms with Gasteiger partial charge in [-0.25, -0.2) is 0 Å². The maximum Gasteiger partial charge on any atom is 0.308 e. The Bertz CT molecular complexity index is 202. The second kappa shape index (κ2) is 6.08. The summed E-state index contributed by atoms with van der Waals surface area (Å²) in [5.41, 5.74) is -0.436. The largest absolute Gasteiger partial charge is 0.460 e.